The van der Waals surface area contributed by atoms with Crippen LogP contribution in [0.25, 0.3) is 6.08 Å². The second-order valence-corrected chi connectivity index (χ2v) is 6.75. The molecule has 5 heteroatoms. The van der Waals surface area contributed by atoms with Crippen molar-refractivity contribution in [3.8, 4) is 0 Å². The Morgan fingerprint density at radius 1 is 1.26 bits per heavy atom. The minimum absolute atomic E-state index is 0.118. The number of halogens is 1. The quantitative estimate of drug-likeness (QED) is 0.590. The lowest BCUT2D eigenvalue weighted by atomic mass is 9.97. The maximum atomic E-state index is 12.3. The molecule has 0 N–H and O–H groups in total. The number of nitrogens with zero attached hydrogens (tertiary/aromatic N) is 1. The van der Waals surface area contributed by atoms with E-state index < -0.39 is 5.97 Å². The van der Waals surface area contributed by atoms with Gasteiger partial charge in [0.2, 0.25) is 0 Å². The van der Waals surface area contributed by atoms with E-state index in [4.69, 9.17) is 4.74 Å². The molecule has 0 aliphatic carbocycles. The second-order valence-electron chi connectivity index (χ2n) is 5.89. The molecule has 0 bridgehead atoms. The lowest BCUT2D eigenvalue weighted by molar-refractivity contribution is -0.151. The van der Waals surface area contributed by atoms with Crippen LogP contribution < -0.4 is 0 Å². The van der Waals surface area contributed by atoms with Gasteiger partial charge in [0.05, 0.1) is 0 Å². The summed E-state index contributed by atoms with van der Waals surface area (Å²) in [4.78, 5) is 25.9. The molecule has 1 fully saturated rings. The lowest BCUT2D eigenvalue weighted by Gasteiger charge is -2.38. The highest BCUT2D eigenvalue weighted by atomic mass is 79.9. The summed E-state index contributed by atoms with van der Waals surface area (Å²) >= 11 is 3.41. The third kappa shape index (κ3) is 4.93. The Labute approximate surface area is 145 Å². The fraction of sp³-hybridized carbons (Fsp3) is 0.444. The van der Waals surface area contributed by atoms with Crippen molar-refractivity contribution in [3.05, 3.63) is 40.4 Å². The van der Waals surface area contributed by atoms with Gasteiger partial charge in [-0.25, -0.2) is 4.79 Å². The van der Waals surface area contributed by atoms with Crippen LogP contribution in [-0.2, 0) is 14.3 Å². The molecule has 1 aliphatic rings. The largest absolute Gasteiger partial charge is 0.452 e. The van der Waals surface area contributed by atoms with Crippen molar-refractivity contribution in [1.82, 2.24) is 4.90 Å². The number of rotatable bonds is 4. The van der Waals surface area contributed by atoms with Crippen LogP contribution >= 0.6 is 15.9 Å². The molecule has 4 nitrogen and oxygen atoms in total. The Balaban J connectivity index is 1.86. The van der Waals surface area contributed by atoms with Crippen molar-refractivity contribution in [2.75, 3.05) is 6.61 Å². The number of likely N-dealkylation sites (tertiary alicyclic amines) is 1. The van der Waals surface area contributed by atoms with Crippen LogP contribution in [0.3, 0.4) is 0 Å². The molecule has 1 saturated heterocycles. The molecule has 1 amide bonds. The van der Waals surface area contributed by atoms with Gasteiger partial charge in [0.1, 0.15) is 0 Å². The Hall–Kier alpha value is -1.62. The minimum Gasteiger partial charge on any atom is -0.452 e. The number of carbonyl (C=O) groups is 2. The predicted molar refractivity (Wildman–Crippen MR) is 93.8 cm³/mol. The average Bonchev–Trinajstić information content (AvgIpc) is 2.52. The van der Waals surface area contributed by atoms with Crippen molar-refractivity contribution in [1.29, 1.82) is 0 Å². The summed E-state index contributed by atoms with van der Waals surface area (Å²) in [7, 11) is 0. The maximum absolute atomic E-state index is 12.3. The minimum atomic E-state index is -0.508. The molecule has 2 rings (SSSR count). The molecule has 2 atom stereocenters. The van der Waals surface area contributed by atoms with E-state index in [1.807, 2.05) is 43.0 Å². The van der Waals surface area contributed by atoms with Gasteiger partial charge in [0.15, 0.2) is 6.61 Å². The standard InChI is InChI=1S/C18H22BrNO3/c1-13-6-5-7-14(2)20(13)17(21)12-23-18(22)11-10-15-8-3-4-9-16(15)19/h3-4,8-11,13-14H,5-7,12H2,1-2H3/b11-10+/t13-,14+. The lowest BCUT2D eigenvalue weighted by Crippen LogP contribution is -2.49. The molecule has 0 aromatic heterocycles. The fourth-order valence-electron chi connectivity index (χ4n) is 2.94. The van der Waals surface area contributed by atoms with E-state index in [2.05, 4.69) is 15.9 Å². The summed E-state index contributed by atoms with van der Waals surface area (Å²) in [6.07, 6.45) is 6.16. The molecule has 1 heterocycles. The Bertz CT molecular complexity index is 590. The smallest absolute Gasteiger partial charge is 0.331 e. The maximum Gasteiger partial charge on any atom is 0.331 e. The van der Waals surface area contributed by atoms with Gasteiger partial charge in [-0.05, 0) is 50.8 Å². The molecule has 1 aromatic rings. The van der Waals surface area contributed by atoms with E-state index in [-0.39, 0.29) is 24.6 Å². The summed E-state index contributed by atoms with van der Waals surface area (Å²) < 4.78 is 5.98. The number of amides is 1. The second kappa shape index (κ2) is 8.29. The van der Waals surface area contributed by atoms with Gasteiger partial charge in [0, 0.05) is 22.6 Å². The SMILES string of the molecule is C[C@@H]1CCC[C@H](C)N1C(=O)COC(=O)/C=C/c1ccccc1Br. The molecule has 124 valence electrons. The first kappa shape index (κ1) is 17.7. The van der Waals surface area contributed by atoms with Crippen LogP contribution in [-0.4, -0.2) is 35.5 Å². The summed E-state index contributed by atoms with van der Waals surface area (Å²) in [5, 5.41) is 0. The van der Waals surface area contributed by atoms with Crippen molar-refractivity contribution >= 4 is 33.9 Å². The average molecular weight is 380 g/mol. The van der Waals surface area contributed by atoms with Crippen LogP contribution in [0.15, 0.2) is 34.8 Å². The molecular formula is C18H22BrNO3. The Morgan fingerprint density at radius 3 is 2.57 bits per heavy atom. The summed E-state index contributed by atoms with van der Waals surface area (Å²) in [5.41, 5.74) is 0.883. The van der Waals surface area contributed by atoms with Gasteiger partial charge in [0.25, 0.3) is 5.91 Å². The highest BCUT2D eigenvalue weighted by Gasteiger charge is 2.29. The molecule has 0 spiro atoms. The molecule has 0 radical (unpaired) electrons. The third-order valence-corrected chi connectivity index (χ3v) is 4.85. The monoisotopic (exact) mass is 379 g/mol. The molecule has 23 heavy (non-hydrogen) atoms. The van der Waals surface area contributed by atoms with E-state index in [1.165, 1.54) is 6.08 Å². The fourth-order valence-corrected chi connectivity index (χ4v) is 3.35. The van der Waals surface area contributed by atoms with Gasteiger partial charge in [-0.2, -0.15) is 0 Å². The number of benzene rings is 1. The number of hydrogen-bond acceptors (Lipinski definition) is 3. The first-order valence-corrected chi connectivity index (χ1v) is 8.69. The van der Waals surface area contributed by atoms with Crippen molar-refractivity contribution < 1.29 is 14.3 Å². The highest BCUT2D eigenvalue weighted by molar-refractivity contribution is 9.10. The van der Waals surface area contributed by atoms with E-state index >= 15 is 0 Å². The van der Waals surface area contributed by atoms with Crippen molar-refractivity contribution in [2.24, 2.45) is 0 Å². The van der Waals surface area contributed by atoms with Crippen LogP contribution in [0.1, 0.15) is 38.7 Å². The highest BCUT2D eigenvalue weighted by Crippen LogP contribution is 2.22. The number of hydrogen-bond donors (Lipinski definition) is 0. The third-order valence-electron chi connectivity index (χ3n) is 4.12. The van der Waals surface area contributed by atoms with E-state index in [9.17, 15) is 9.59 Å². The zero-order chi connectivity index (χ0) is 16.8. The zero-order valence-corrected chi connectivity index (χ0v) is 15.1. The van der Waals surface area contributed by atoms with Gasteiger partial charge < -0.3 is 9.64 Å². The first-order valence-electron chi connectivity index (χ1n) is 7.89. The molecule has 1 aromatic carbocycles. The number of carbonyl (C=O) groups excluding carboxylic acids is 2. The molecular weight excluding hydrogens is 358 g/mol. The van der Waals surface area contributed by atoms with Crippen LogP contribution in [0.2, 0.25) is 0 Å². The van der Waals surface area contributed by atoms with Crippen LogP contribution in [0.4, 0.5) is 0 Å². The topological polar surface area (TPSA) is 46.6 Å². The first-order chi connectivity index (χ1) is 11.0. The van der Waals surface area contributed by atoms with E-state index in [0.717, 1.165) is 29.3 Å². The summed E-state index contributed by atoms with van der Waals surface area (Å²) in [6.45, 7) is 3.89. The molecule has 1 aliphatic heterocycles. The number of piperidine rings is 1. The Kier molecular flexibility index (Phi) is 6.39. The van der Waals surface area contributed by atoms with Crippen molar-refractivity contribution in [3.63, 3.8) is 0 Å². The summed E-state index contributed by atoms with van der Waals surface area (Å²) in [6, 6.07) is 7.99. The molecule has 0 saturated carbocycles. The number of ether oxygens (including phenoxy) is 1. The van der Waals surface area contributed by atoms with Gasteiger partial charge >= 0.3 is 5.97 Å². The zero-order valence-electron chi connectivity index (χ0n) is 13.5. The number of esters is 1. The normalized spacial score (nSPS) is 21.4. The van der Waals surface area contributed by atoms with E-state index in [1.54, 1.807) is 6.08 Å². The molecule has 0 unspecified atom stereocenters. The van der Waals surface area contributed by atoms with Crippen LogP contribution in [0, 0.1) is 0 Å². The van der Waals surface area contributed by atoms with Gasteiger partial charge in [-0.15, -0.1) is 0 Å². The predicted octanol–water partition coefficient (Wildman–Crippen LogP) is 3.80. The van der Waals surface area contributed by atoms with Crippen molar-refractivity contribution in [2.45, 2.75) is 45.2 Å². The van der Waals surface area contributed by atoms with E-state index in [0.29, 0.717) is 0 Å². The summed E-state index contributed by atoms with van der Waals surface area (Å²) in [5.74, 6) is -0.626. The van der Waals surface area contributed by atoms with Crippen LogP contribution in [0.5, 0.6) is 0 Å². The Morgan fingerprint density at radius 2 is 1.91 bits per heavy atom. The van der Waals surface area contributed by atoms with Gasteiger partial charge in [-0.1, -0.05) is 34.1 Å². The van der Waals surface area contributed by atoms with Gasteiger partial charge in [-0.3, -0.25) is 4.79 Å².